The molecule has 0 saturated carbocycles. The largest absolute Gasteiger partial charge is 0.496 e. The summed E-state index contributed by atoms with van der Waals surface area (Å²) in [5, 5.41) is 0. The van der Waals surface area contributed by atoms with E-state index in [-0.39, 0.29) is 5.75 Å². The molecule has 2 aromatic carbocycles. The van der Waals surface area contributed by atoms with Gasteiger partial charge < -0.3 is 9.47 Å². The van der Waals surface area contributed by atoms with Gasteiger partial charge in [-0.05, 0) is 37.1 Å². The highest BCUT2D eigenvalue weighted by atomic mass is 32.2. The Balaban J connectivity index is 2.31. The highest BCUT2D eigenvalue weighted by Gasteiger charge is 2.18. The number of nitrogens with one attached hydrogen (secondary N) is 1. The fourth-order valence-electron chi connectivity index (χ4n) is 2.42. The minimum atomic E-state index is -3.55. The van der Waals surface area contributed by atoms with E-state index in [9.17, 15) is 8.42 Å². The summed E-state index contributed by atoms with van der Waals surface area (Å²) < 4.78 is 38.1. The summed E-state index contributed by atoms with van der Waals surface area (Å²) in [6.07, 6.45) is 0. The molecule has 0 spiro atoms. The third kappa shape index (κ3) is 3.96. The highest BCUT2D eigenvalue weighted by Crippen LogP contribution is 2.35. The molecule has 0 aliphatic heterocycles. The molecule has 0 unspecified atom stereocenters. The standard InChI is InChI=1S/C17H21NO4S/c1-12-7-5-6-8-14(12)11-23(19,20)18-15-9-10-16(21-3)13(2)17(15)22-4/h5-10,18H,11H2,1-4H3. The lowest BCUT2D eigenvalue weighted by Crippen LogP contribution is -2.16. The van der Waals surface area contributed by atoms with Gasteiger partial charge >= 0.3 is 0 Å². The quantitative estimate of drug-likeness (QED) is 0.880. The third-order valence-corrected chi connectivity index (χ3v) is 4.87. The molecule has 1 N–H and O–H groups in total. The summed E-state index contributed by atoms with van der Waals surface area (Å²) >= 11 is 0. The predicted molar refractivity (Wildman–Crippen MR) is 91.7 cm³/mol. The lowest BCUT2D eigenvalue weighted by molar-refractivity contribution is 0.390. The Labute approximate surface area is 137 Å². The maximum absolute atomic E-state index is 12.5. The van der Waals surface area contributed by atoms with Crippen LogP contribution in [0.25, 0.3) is 0 Å². The first-order chi connectivity index (χ1) is 10.9. The predicted octanol–water partition coefficient (Wildman–Crippen LogP) is 3.26. The van der Waals surface area contributed by atoms with Crippen molar-refractivity contribution in [3.8, 4) is 11.5 Å². The topological polar surface area (TPSA) is 64.6 Å². The molecule has 0 aliphatic carbocycles. The number of methoxy groups -OCH3 is 2. The van der Waals surface area contributed by atoms with Gasteiger partial charge in [0.15, 0.2) is 0 Å². The van der Waals surface area contributed by atoms with Crippen molar-refractivity contribution in [2.45, 2.75) is 19.6 Å². The van der Waals surface area contributed by atoms with Crippen LogP contribution < -0.4 is 14.2 Å². The molecule has 0 aliphatic rings. The molecule has 0 bridgehead atoms. The Morgan fingerprint density at radius 3 is 2.30 bits per heavy atom. The van der Waals surface area contributed by atoms with Crippen molar-refractivity contribution in [2.24, 2.45) is 0 Å². The normalized spacial score (nSPS) is 11.1. The molecule has 0 fully saturated rings. The van der Waals surface area contributed by atoms with Crippen molar-refractivity contribution in [1.82, 2.24) is 0 Å². The van der Waals surface area contributed by atoms with Crippen LogP contribution in [0, 0.1) is 13.8 Å². The molecular formula is C17H21NO4S. The van der Waals surface area contributed by atoms with E-state index in [1.165, 1.54) is 7.11 Å². The third-order valence-electron chi connectivity index (χ3n) is 3.65. The van der Waals surface area contributed by atoms with Crippen LogP contribution >= 0.6 is 0 Å². The monoisotopic (exact) mass is 335 g/mol. The molecule has 6 heteroatoms. The SMILES string of the molecule is COc1ccc(NS(=O)(=O)Cc2ccccc2C)c(OC)c1C. The molecule has 0 saturated heterocycles. The van der Waals surface area contributed by atoms with E-state index in [4.69, 9.17) is 9.47 Å². The van der Waals surface area contributed by atoms with Crippen molar-refractivity contribution < 1.29 is 17.9 Å². The fraction of sp³-hybridized carbons (Fsp3) is 0.294. The van der Waals surface area contributed by atoms with E-state index < -0.39 is 10.0 Å². The Kier molecular flexibility index (Phi) is 5.15. The van der Waals surface area contributed by atoms with Crippen molar-refractivity contribution in [2.75, 3.05) is 18.9 Å². The van der Waals surface area contributed by atoms with Gasteiger partial charge in [-0.15, -0.1) is 0 Å². The molecule has 2 aromatic rings. The number of ether oxygens (including phenoxy) is 2. The van der Waals surface area contributed by atoms with Crippen molar-refractivity contribution in [3.05, 3.63) is 53.1 Å². The average molecular weight is 335 g/mol. The lowest BCUT2D eigenvalue weighted by Gasteiger charge is -2.16. The van der Waals surface area contributed by atoms with Gasteiger partial charge in [-0.25, -0.2) is 8.42 Å². The van der Waals surface area contributed by atoms with E-state index >= 15 is 0 Å². The van der Waals surface area contributed by atoms with Gasteiger partial charge in [0.25, 0.3) is 0 Å². The number of aryl methyl sites for hydroxylation is 1. The van der Waals surface area contributed by atoms with Crippen LogP contribution in [0.15, 0.2) is 36.4 Å². The lowest BCUT2D eigenvalue weighted by atomic mass is 10.1. The van der Waals surface area contributed by atoms with Crippen LogP contribution in [0.1, 0.15) is 16.7 Å². The summed E-state index contributed by atoms with van der Waals surface area (Å²) in [5.74, 6) is 1.01. The van der Waals surface area contributed by atoms with Gasteiger partial charge in [-0.3, -0.25) is 4.72 Å². The highest BCUT2D eigenvalue weighted by molar-refractivity contribution is 7.91. The summed E-state index contributed by atoms with van der Waals surface area (Å²) in [7, 11) is -0.490. The summed E-state index contributed by atoms with van der Waals surface area (Å²) in [6, 6.07) is 10.8. The van der Waals surface area contributed by atoms with E-state index in [0.29, 0.717) is 17.2 Å². The Morgan fingerprint density at radius 1 is 1.00 bits per heavy atom. The Morgan fingerprint density at radius 2 is 1.70 bits per heavy atom. The maximum atomic E-state index is 12.5. The molecule has 5 nitrogen and oxygen atoms in total. The van der Waals surface area contributed by atoms with Crippen LogP contribution in [0.3, 0.4) is 0 Å². The molecule has 0 radical (unpaired) electrons. The number of hydrogen-bond donors (Lipinski definition) is 1. The molecular weight excluding hydrogens is 314 g/mol. The van der Waals surface area contributed by atoms with Gasteiger partial charge in [-0.1, -0.05) is 24.3 Å². The maximum Gasteiger partial charge on any atom is 0.237 e. The fourth-order valence-corrected chi connectivity index (χ4v) is 3.72. The minimum Gasteiger partial charge on any atom is -0.496 e. The van der Waals surface area contributed by atoms with E-state index in [2.05, 4.69) is 4.72 Å². The van der Waals surface area contributed by atoms with Crippen LogP contribution in [-0.4, -0.2) is 22.6 Å². The summed E-state index contributed by atoms with van der Waals surface area (Å²) in [5.41, 5.74) is 2.85. The number of sulfonamides is 1. The zero-order chi connectivity index (χ0) is 17.0. The first kappa shape index (κ1) is 17.1. The summed E-state index contributed by atoms with van der Waals surface area (Å²) in [6.45, 7) is 3.71. The first-order valence-electron chi connectivity index (χ1n) is 7.14. The van der Waals surface area contributed by atoms with Gasteiger partial charge in [0.2, 0.25) is 10.0 Å². The molecule has 23 heavy (non-hydrogen) atoms. The Hall–Kier alpha value is -2.21. The second kappa shape index (κ2) is 6.91. The zero-order valence-corrected chi connectivity index (χ0v) is 14.5. The summed E-state index contributed by atoms with van der Waals surface area (Å²) in [4.78, 5) is 0. The molecule has 0 atom stereocenters. The second-order valence-corrected chi connectivity index (χ2v) is 6.98. The van der Waals surface area contributed by atoms with E-state index in [1.807, 2.05) is 38.1 Å². The average Bonchev–Trinajstić information content (AvgIpc) is 2.49. The van der Waals surface area contributed by atoms with Crippen LogP contribution in [0.2, 0.25) is 0 Å². The zero-order valence-electron chi connectivity index (χ0n) is 13.7. The van der Waals surface area contributed by atoms with Crippen LogP contribution in [-0.2, 0) is 15.8 Å². The number of anilines is 1. The molecule has 2 rings (SSSR count). The molecule has 124 valence electrons. The van der Waals surface area contributed by atoms with Crippen molar-refractivity contribution in [3.63, 3.8) is 0 Å². The van der Waals surface area contributed by atoms with Crippen molar-refractivity contribution in [1.29, 1.82) is 0 Å². The first-order valence-corrected chi connectivity index (χ1v) is 8.79. The van der Waals surface area contributed by atoms with Gasteiger partial charge in [-0.2, -0.15) is 0 Å². The number of benzene rings is 2. The van der Waals surface area contributed by atoms with Gasteiger partial charge in [0.1, 0.15) is 11.5 Å². The minimum absolute atomic E-state index is 0.0894. The smallest absolute Gasteiger partial charge is 0.237 e. The molecule has 0 heterocycles. The van der Waals surface area contributed by atoms with Gasteiger partial charge in [0.05, 0.1) is 25.7 Å². The van der Waals surface area contributed by atoms with Gasteiger partial charge in [0, 0.05) is 5.56 Å². The van der Waals surface area contributed by atoms with Crippen molar-refractivity contribution >= 4 is 15.7 Å². The van der Waals surface area contributed by atoms with E-state index in [0.717, 1.165) is 16.7 Å². The van der Waals surface area contributed by atoms with E-state index in [1.54, 1.807) is 19.2 Å². The van der Waals surface area contributed by atoms with Crippen LogP contribution in [0.5, 0.6) is 11.5 Å². The molecule has 0 aromatic heterocycles. The number of rotatable bonds is 6. The second-order valence-electron chi connectivity index (χ2n) is 5.26. The Bertz CT molecular complexity index is 800. The number of hydrogen-bond acceptors (Lipinski definition) is 4. The van der Waals surface area contributed by atoms with Crippen LogP contribution in [0.4, 0.5) is 5.69 Å². The molecule has 0 amide bonds.